The zero-order valence-corrected chi connectivity index (χ0v) is 28.4. The maximum absolute atomic E-state index is 14.4. The quantitative estimate of drug-likeness (QED) is 0.253. The first kappa shape index (κ1) is 34.4. The van der Waals surface area contributed by atoms with Gasteiger partial charge in [-0.2, -0.15) is 5.01 Å². The fourth-order valence-electron chi connectivity index (χ4n) is 6.56. The van der Waals surface area contributed by atoms with Crippen LogP contribution in [0, 0.1) is 5.82 Å². The molecule has 2 heterocycles. The highest BCUT2D eigenvalue weighted by atomic mass is 19.1. The van der Waals surface area contributed by atoms with Crippen LogP contribution >= 0.6 is 0 Å². The summed E-state index contributed by atoms with van der Waals surface area (Å²) in [4.78, 5) is 58.7. The summed E-state index contributed by atoms with van der Waals surface area (Å²) in [5.74, 6) is -0.429. The van der Waals surface area contributed by atoms with Gasteiger partial charge in [-0.25, -0.2) is 14.0 Å². The minimum absolute atomic E-state index is 0.0695. The van der Waals surface area contributed by atoms with Crippen LogP contribution in [0.25, 0.3) is 10.8 Å². The van der Waals surface area contributed by atoms with Crippen LogP contribution in [0.3, 0.4) is 0 Å². The summed E-state index contributed by atoms with van der Waals surface area (Å²) in [5.41, 5.74) is 2.50. The normalized spacial score (nSPS) is 17.5. The number of benzene rings is 4. The van der Waals surface area contributed by atoms with Crippen molar-refractivity contribution in [3.63, 3.8) is 0 Å². The number of nitrogens with zero attached hydrogens (tertiary/aromatic N) is 5. The summed E-state index contributed by atoms with van der Waals surface area (Å²) in [7, 11) is 3.19. The van der Waals surface area contributed by atoms with Crippen LogP contribution in [0.1, 0.15) is 30.0 Å². The molecule has 4 aromatic carbocycles. The number of piperazine rings is 1. The fourth-order valence-corrected chi connectivity index (χ4v) is 6.56. The molecule has 50 heavy (non-hydrogen) atoms. The lowest BCUT2D eigenvalue weighted by Gasteiger charge is -2.46. The first-order valence-corrected chi connectivity index (χ1v) is 16.7. The molecule has 2 saturated heterocycles. The van der Waals surface area contributed by atoms with Gasteiger partial charge in [0.2, 0.25) is 11.8 Å². The van der Waals surface area contributed by atoms with Crippen LogP contribution in [0.4, 0.5) is 14.0 Å². The van der Waals surface area contributed by atoms with E-state index in [9.17, 15) is 23.6 Å². The molecule has 0 aliphatic carbocycles. The Kier molecular flexibility index (Phi) is 10.3. The van der Waals surface area contributed by atoms with Crippen LogP contribution in [-0.2, 0) is 29.1 Å². The Bertz CT molecular complexity index is 1860. The van der Waals surface area contributed by atoms with Gasteiger partial charge in [-0.15, -0.1) is 0 Å². The van der Waals surface area contributed by atoms with Crippen LogP contribution in [-0.4, -0.2) is 94.6 Å². The van der Waals surface area contributed by atoms with Gasteiger partial charge in [-0.3, -0.25) is 14.6 Å². The minimum Gasteiger partial charge on any atom is -0.410 e. The molecule has 1 N–H and O–H groups in total. The number of hydrogen-bond acceptors (Lipinski definition) is 6. The second-order valence-electron chi connectivity index (χ2n) is 12.8. The van der Waals surface area contributed by atoms with Crippen molar-refractivity contribution >= 4 is 34.7 Å². The number of urea groups is 1. The summed E-state index contributed by atoms with van der Waals surface area (Å²) in [5, 5.41) is 8.35. The number of carbonyl (C=O) groups is 4. The fraction of sp³-hybridized carbons (Fsp3) is 0.316. The molecule has 4 aromatic rings. The summed E-state index contributed by atoms with van der Waals surface area (Å²) in [6.45, 7) is 2.95. The highest BCUT2D eigenvalue weighted by Gasteiger charge is 2.52. The van der Waals surface area contributed by atoms with E-state index in [1.165, 1.54) is 17.0 Å². The van der Waals surface area contributed by atoms with Crippen molar-refractivity contribution in [3.8, 4) is 5.75 Å². The molecule has 2 aliphatic rings. The molecule has 5 amide bonds. The number of fused-ring (bicyclic) bond motifs is 2. The van der Waals surface area contributed by atoms with Gasteiger partial charge in [0.1, 0.15) is 23.8 Å². The van der Waals surface area contributed by atoms with E-state index in [0.717, 1.165) is 27.5 Å². The number of ether oxygens (including phenoxy) is 1. The molecule has 12 heteroatoms. The topological polar surface area (TPSA) is 106 Å². The lowest BCUT2D eigenvalue weighted by atomic mass is 9.99. The standard InChI is InChI=1S/C38H41FN6O5/c1-4-20-43(37(48)40-22-27-12-16-30(39)17-13-27)44-25-35(46)45-33(21-26-14-18-31(19-15-26)50-38(49)41(2)3)36(47)42(24-34(44)45)23-29-10-7-9-28-8-5-6-11-32(28)29/h5-19,33-34H,4,20-25H2,1-3H3,(H,40,48)/t33-,34+/m0/s1. The second kappa shape index (κ2) is 15.0. The molecule has 0 aromatic heterocycles. The molecule has 2 fully saturated rings. The molecule has 0 radical (unpaired) electrons. The molecule has 0 unspecified atom stereocenters. The van der Waals surface area contributed by atoms with Crippen LogP contribution in [0.2, 0.25) is 0 Å². The van der Waals surface area contributed by atoms with E-state index < -0.39 is 18.3 Å². The molecule has 2 aliphatic heterocycles. The third-order valence-corrected chi connectivity index (χ3v) is 9.07. The largest absolute Gasteiger partial charge is 0.414 e. The van der Waals surface area contributed by atoms with E-state index in [0.29, 0.717) is 25.3 Å². The van der Waals surface area contributed by atoms with Gasteiger partial charge < -0.3 is 24.8 Å². The van der Waals surface area contributed by atoms with Crippen molar-refractivity contribution in [1.29, 1.82) is 0 Å². The Hall–Kier alpha value is -5.49. The number of amides is 5. The van der Waals surface area contributed by atoms with Crippen molar-refractivity contribution in [3.05, 3.63) is 114 Å². The number of hydrogen-bond donors (Lipinski definition) is 1. The predicted octanol–water partition coefficient (Wildman–Crippen LogP) is 5.00. The average molecular weight is 681 g/mol. The van der Waals surface area contributed by atoms with Gasteiger partial charge in [0.15, 0.2) is 0 Å². The zero-order valence-electron chi connectivity index (χ0n) is 28.4. The molecular formula is C38H41FN6O5. The van der Waals surface area contributed by atoms with Crippen molar-refractivity contribution in [2.45, 2.75) is 45.1 Å². The Morgan fingerprint density at radius 1 is 0.920 bits per heavy atom. The van der Waals surface area contributed by atoms with E-state index >= 15 is 0 Å². The maximum atomic E-state index is 14.4. The van der Waals surface area contributed by atoms with E-state index in [2.05, 4.69) is 5.32 Å². The monoisotopic (exact) mass is 680 g/mol. The zero-order chi connectivity index (χ0) is 35.4. The first-order chi connectivity index (χ1) is 24.1. The SMILES string of the molecule is CCCN(C(=O)NCc1ccc(F)cc1)N1CC(=O)N2[C@@H](Cc3ccc(OC(=O)N(C)C)cc3)C(=O)N(Cc3cccc4ccccc34)C[C@@H]21. The molecule has 260 valence electrons. The molecule has 0 saturated carbocycles. The first-order valence-electron chi connectivity index (χ1n) is 16.7. The van der Waals surface area contributed by atoms with Crippen LogP contribution < -0.4 is 10.1 Å². The molecule has 0 bridgehead atoms. The Labute approximate surface area is 290 Å². The van der Waals surface area contributed by atoms with Crippen molar-refractivity contribution in [2.75, 3.05) is 33.7 Å². The van der Waals surface area contributed by atoms with Gasteiger partial charge in [-0.1, -0.05) is 73.7 Å². The summed E-state index contributed by atoms with van der Waals surface area (Å²) in [6.07, 6.45) is -0.237. The third-order valence-electron chi connectivity index (χ3n) is 9.07. The van der Waals surface area contributed by atoms with Gasteiger partial charge in [0.05, 0.1) is 13.1 Å². The van der Waals surface area contributed by atoms with E-state index in [-0.39, 0.29) is 49.7 Å². The summed E-state index contributed by atoms with van der Waals surface area (Å²) >= 11 is 0. The molecule has 11 nitrogen and oxygen atoms in total. The summed E-state index contributed by atoms with van der Waals surface area (Å²) in [6, 6.07) is 25.6. The average Bonchev–Trinajstić information content (AvgIpc) is 3.44. The lowest BCUT2D eigenvalue weighted by molar-refractivity contribution is -0.157. The van der Waals surface area contributed by atoms with Crippen LogP contribution in [0.5, 0.6) is 5.75 Å². The van der Waals surface area contributed by atoms with E-state index in [1.54, 1.807) is 70.3 Å². The number of hydrazine groups is 1. The summed E-state index contributed by atoms with van der Waals surface area (Å²) < 4.78 is 18.8. The molecule has 0 spiro atoms. The van der Waals surface area contributed by atoms with Gasteiger partial charge in [0.25, 0.3) is 0 Å². The Morgan fingerprint density at radius 2 is 1.62 bits per heavy atom. The molecular weight excluding hydrogens is 639 g/mol. The van der Waals surface area contributed by atoms with Crippen molar-refractivity contribution < 1.29 is 28.3 Å². The number of rotatable bonds is 10. The number of nitrogens with one attached hydrogen (secondary N) is 1. The second-order valence-corrected chi connectivity index (χ2v) is 12.8. The molecule has 2 atom stereocenters. The highest BCUT2D eigenvalue weighted by molar-refractivity contribution is 5.92. The Morgan fingerprint density at radius 3 is 2.34 bits per heavy atom. The number of halogens is 1. The third kappa shape index (κ3) is 7.40. The predicted molar refractivity (Wildman–Crippen MR) is 186 cm³/mol. The maximum Gasteiger partial charge on any atom is 0.414 e. The number of carbonyl (C=O) groups excluding carboxylic acids is 4. The highest BCUT2D eigenvalue weighted by Crippen LogP contribution is 2.31. The van der Waals surface area contributed by atoms with Gasteiger partial charge in [-0.05, 0) is 58.1 Å². The minimum atomic E-state index is -0.831. The van der Waals surface area contributed by atoms with Crippen molar-refractivity contribution in [2.24, 2.45) is 0 Å². The van der Waals surface area contributed by atoms with Crippen molar-refractivity contribution in [1.82, 2.24) is 30.0 Å². The molecule has 6 rings (SSSR count). The Balaban J connectivity index is 1.29. The smallest absolute Gasteiger partial charge is 0.410 e. The van der Waals surface area contributed by atoms with Gasteiger partial charge >= 0.3 is 12.1 Å². The van der Waals surface area contributed by atoms with Gasteiger partial charge in [0, 0.05) is 40.2 Å². The lowest BCUT2D eigenvalue weighted by Crippen LogP contribution is -2.66. The van der Waals surface area contributed by atoms with Crippen LogP contribution in [0.15, 0.2) is 91.0 Å². The van der Waals surface area contributed by atoms with E-state index in [4.69, 9.17) is 4.74 Å². The van der Waals surface area contributed by atoms with E-state index in [1.807, 2.05) is 49.4 Å².